The lowest BCUT2D eigenvalue weighted by atomic mass is 10.1. The van der Waals surface area contributed by atoms with Crippen molar-refractivity contribution in [1.82, 2.24) is 0 Å². The number of aromatic hydroxyl groups is 1. The van der Waals surface area contributed by atoms with Crippen molar-refractivity contribution in [3.63, 3.8) is 0 Å². The third-order valence-corrected chi connectivity index (χ3v) is 5.22. The summed E-state index contributed by atoms with van der Waals surface area (Å²) in [6, 6.07) is 10.3. The number of thioether (sulfide) groups is 1. The number of carbonyl (C=O) groups excluding carboxylic acids is 1. The third kappa shape index (κ3) is 4.69. The van der Waals surface area contributed by atoms with Gasteiger partial charge in [-0.25, -0.2) is 9.79 Å². The van der Waals surface area contributed by atoms with Gasteiger partial charge in [0, 0.05) is 17.7 Å². The number of nitro groups is 1. The maximum absolute atomic E-state index is 12.4. The Morgan fingerprint density at radius 1 is 1.23 bits per heavy atom. The molecule has 10 heteroatoms. The SMILES string of the molecule is CCOC(=O)C1=C(O)/C(=C/c2cccc(OC)c2O)SC1=Nc1ccc([N+](=O)[O-])cc1. The minimum atomic E-state index is -0.758. The number of benzene rings is 2. The Morgan fingerprint density at radius 3 is 2.55 bits per heavy atom. The van der Waals surface area contributed by atoms with Gasteiger partial charge >= 0.3 is 5.97 Å². The summed E-state index contributed by atoms with van der Waals surface area (Å²) in [6.45, 7) is 1.73. The van der Waals surface area contributed by atoms with Gasteiger partial charge in [-0.1, -0.05) is 23.9 Å². The van der Waals surface area contributed by atoms with Crippen LogP contribution in [-0.4, -0.2) is 39.9 Å². The molecule has 2 N–H and O–H groups in total. The summed E-state index contributed by atoms with van der Waals surface area (Å²) < 4.78 is 10.1. The van der Waals surface area contributed by atoms with Crippen molar-refractivity contribution in [3.05, 3.63) is 74.4 Å². The average Bonchev–Trinajstić information content (AvgIpc) is 3.05. The van der Waals surface area contributed by atoms with E-state index in [1.165, 1.54) is 37.5 Å². The van der Waals surface area contributed by atoms with Crippen molar-refractivity contribution in [2.24, 2.45) is 4.99 Å². The maximum atomic E-state index is 12.4. The molecule has 1 heterocycles. The molecule has 0 atom stereocenters. The molecule has 0 radical (unpaired) electrons. The normalized spacial score (nSPS) is 16.1. The largest absolute Gasteiger partial charge is 0.506 e. The highest BCUT2D eigenvalue weighted by atomic mass is 32.2. The predicted octanol–water partition coefficient (Wildman–Crippen LogP) is 4.50. The summed E-state index contributed by atoms with van der Waals surface area (Å²) in [6.07, 6.45) is 1.50. The van der Waals surface area contributed by atoms with E-state index < -0.39 is 10.9 Å². The lowest BCUT2D eigenvalue weighted by molar-refractivity contribution is -0.384. The smallest absolute Gasteiger partial charge is 0.344 e. The van der Waals surface area contributed by atoms with Crippen LogP contribution in [0.2, 0.25) is 0 Å². The van der Waals surface area contributed by atoms with Crippen molar-refractivity contribution in [1.29, 1.82) is 0 Å². The van der Waals surface area contributed by atoms with E-state index >= 15 is 0 Å². The van der Waals surface area contributed by atoms with E-state index in [4.69, 9.17) is 9.47 Å². The lowest BCUT2D eigenvalue weighted by Gasteiger charge is -2.06. The number of esters is 1. The number of rotatable bonds is 6. The second kappa shape index (κ2) is 9.35. The fraction of sp³-hybridized carbons (Fsp3) is 0.143. The van der Waals surface area contributed by atoms with Gasteiger partial charge < -0.3 is 19.7 Å². The van der Waals surface area contributed by atoms with E-state index in [2.05, 4.69) is 4.99 Å². The minimum Gasteiger partial charge on any atom is -0.506 e. The van der Waals surface area contributed by atoms with Crippen molar-refractivity contribution in [2.45, 2.75) is 6.92 Å². The minimum absolute atomic E-state index is 0.0962. The molecule has 1 aliphatic heterocycles. The number of aliphatic hydroxyl groups is 1. The number of aliphatic imine (C=N–C) groups is 1. The van der Waals surface area contributed by atoms with Gasteiger partial charge in [-0.3, -0.25) is 10.1 Å². The van der Waals surface area contributed by atoms with Crippen molar-refractivity contribution in [2.75, 3.05) is 13.7 Å². The summed E-state index contributed by atoms with van der Waals surface area (Å²) in [5, 5.41) is 32.0. The van der Waals surface area contributed by atoms with Gasteiger partial charge in [0.05, 0.1) is 29.2 Å². The Hall–Kier alpha value is -3.79. The highest BCUT2D eigenvalue weighted by Crippen LogP contribution is 2.42. The van der Waals surface area contributed by atoms with Crippen molar-refractivity contribution >= 4 is 40.2 Å². The molecule has 2 aromatic rings. The Kier molecular flexibility index (Phi) is 6.61. The highest BCUT2D eigenvalue weighted by molar-refractivity contribution is 8.18. The number of ether oxygens (including phenoxy) is 2. The van der Waals surface area contributed by atoms with Crippen LogP contribution < -0.4 is 4.74 Å². The molecule has 0 spiro atoms. The summed E-state index contributed by atoms with van der Waals surface area (Å²) in [4.78, 5) is 27.4. The van der Waals surface area contributed by atoms with Gasteiger partial charge in [-0.05, 0) is 31.2 Å². The van der Waals surface area contributed by atoms with Gasteiger partial charge in [0.25, 0.3) is 5.69 Å². The number of phenolic OH excluding ortho intramolecular Hbond substituents is 1. The molecule has 0 saturated carbocycles. The van der Waals surface area contributed by atoms with Gasteiger partial charge in [0.2, 0.25) is 0 Å². The van der Waals surface area contributed by atoms with Crippen molar-refractivity contribution < 1.29 is 29.4 Å². The highest BCUT2D eigenvalue weighted by Gasteiger charge is 2.33. The fourth-order valence-corrected chi connectivity index (χ4v) is 3.75. The number of hydrogen-bond donors (Lipinski definition) is 2. The van der Waals surface area contributed by atoms with E-state index in [-0.39, 0.29) is 45.1 Å². The van der Waals surface area contributed by atoms with E-state index in [1.54, 1.807) is 25.1 Å². The van der Waals surface area contributed by atoms with Crippen LogP contribution in [0.3, 0.4) is 0 Å². The number of hydrogen-bond acceptors (Lipinski definition) is 9. The molecule has 0 aliphatic carbocycles. The molecule has 0 unspecified atom stereocenters. The maximum Gasteiger partial charge on any atom is 0.344 e. The predicted molar refractivity (Wildman–Crippen MR) is 117 cm³/mol. The number of para-hydroxylation sites is 1. The van der Waals surface area contributed by atoms with E-state index in [0.717, 1.165) is 11.8 Å². The molecule has 1 aliphatic rings. The van der Waals surface area contributed by atoms with E-state index in [1.807, 2.05) is 0 Å². The van der Waals surface area contributed by atoms with Crippen LogP contribution in [0.5, 0.6) is 11.5 Å². The van der Waals surface area contributed by atoms with Crippen LogP contribution in [0.15, 0.2) is 63.7 Å². The Labute approximate surface area is 181 Å². The molecule has 2 aromatic carbocycles. The Bertz CT molecular complexity index is 1120. The Morgan fingerprint density at radius 2 is 1.94 bits per heavy atom. The lowest BCUT2D eigenvalue weighted by Crippen LogP contribution is -2.12. The number of carbonyl (C=O) groups is 1. The first-order valence-electron chi connectivity index (χ1n) is 9.05. The molecule has 9 nitrogen and oxygen atoms in total. The van der Waals surface area contributed by atoms with Gasteiger partial charge in [0.1, 0.15) is 16.4 Å². The second-order valence-corrected chi connectivity index (χ2v) is 7.17. The molecule has 0 fully saturated rings. The van der Waals surface area contributed by atoms with Crippen LogP contribution in [-0.2, 0) is 9.53 Å². The molecule has 3 rings (SSSR count). The van der Waals surface area contributed by atoms with E-state index in [9.17, 15) is 25.1 Å². The zero-order chi connectivity index (χ0) is 22.5. The molecule has 31 heavy (non-hydrogen) atoms. The fourth-order valence-electron chi connectivity index (χ4n) is 2.72. The van der Waals surface area contributed by atoms with Crippen molar-refractivity contribution in [3.8, 4) is 11.5 Å². The molecule has 160 valence electrons. The number of methoxy groups -OCH3 is 1. The molecule has 0 bridgehead atoms. The monoisotopic (exact) mass is 442 g/mol. The standard InChI is InChI=1S/C21H18N2O7S/c1-3-30-21(26)17-19(25)16(11-12-5-4-6-15(29-2)18(12)24)31-20(17)22-13-7-9-14(10-8-13)23(27)28/h4-11,24-25H,3H2,1-2H3/b16-11-,22-20?. The molecular formula is C21H18N2O7S. The first-order valence-corrected chi connectivity index (χ1v) is 9.87. The van der Waals surface area contributed by atoms with Gasteiger partial charge in [-0.2, -0.15) is 0 Å². The summed E-state index contributed by atoms with van der Waals surface area (Å²) in [5.74, 6) is -0.965. The second-order valence-electron chi connectivity index (χ2n) is 6.14. The number of non-ortho nitro benzene ring substituents is 1. The van der Waals surface area contributed by atoms with Crippen LogP contribution >= 0.6 is 11.8 Å². The Balaban J connectivity index is 2.05. The quantitative estimate of drug-likeness (QED) is 0.380. The number of aliphatic hydroxyl groups excluding tert-OH is 1. The molecule has 0 amide bonds. The van der Waals surface area contributed by atoms with Gasteiger partial charge in [-0.15, -0.1) is 0 Å². The van der Waals surface area contributed by atoms with Gasteiger partial charge in [0.15, 0.2) is 11.5 Å². The first kappa shape index (κ1) is 21.9. The molecule has 0 saturated heterocycles. The van der Waals surface area contributed by atoms with Crippen LogP contribution in [0, 0.1) is 10.1 Å². The summed E-state index contributed by atoms with van der Waals surface area (Å²) in [5.41, 5.74) is 0.501. The number of phenols is 1. The number of nitrogens with zero attached hydrogens (tertiary/aromatic N) is 2. The third-order valence-electron chi connectivity index (χ3n) is 4.20. The number of nitro benzene ring substituents is 1. The summed E-state index contributed by atoms with van der Waals surface area (Å²) >= 11 is 1.00. The van der Waals surface area contributed by atoms with Crippen LogP contribution in [0.25, 0.3) is 6.08 Å². The zero-order valence-corrected chi connectivity index (χ0v) is 17.4. The molecular weight excluding hydrogens is 424 g/mol. The zero-order valence-electron chi connectivity index (χ0n) is 16.6. The van der Waals surface area contributed by atoms with Crippen LogP contribution in [0.4, 0.5) is 11.4 Å². The topological polar surface area (TPSA) is 131 Å². The average molecular weight is 442 g/mol. The van der Waals surface area contributed by atoms with E-state index in [0.29, 0.717) is 11.3 Å². The molecule has 0 aromatic heterocycles. The first-order chi connectivity index (χ1) is 14.8. The van der Waals surface area contributed by atoms with Crippen LogP contribution in [0.1, 0.15) is 12.5 Å². The summed E-state index contributed by atoms with van der Waals surface area (Å²) in [7, 11) is 1.42.